The zero-order valence-corrected chi connectivity index (χ0v) is 16.1. The van der Waals surface area contributed by atoms with Crippen LogP contribution in [-0.4, -0.2) is 70.4 Å². The first-order chi connectivity index (χ1) is 12.1. The van der Waals surface area contributed by atoms with Crippen molar-refractivity contribution in [1.29, 1.82) is 0 Å². The third kappa shape index (κ3) is 3.78. The third-order valence-electron chi connectivity index (χ3n) is 5.85. The van der Waals surface area contributed by atoms with Crippen LogP contribution in [0.4, 0.5) is 0 Å². The fourth-order valence-corrected chi connectivity index (χ4v) is 4.07. The van der Waals surface area contributed by atoms with Crippen molar-refractivity contribution >= 4 is 0 Å². The van der Waals surface area contributed by atoms with E-state index in [1.807, 2.05) is 0 Å². The van der Waals surface area contributed by atoms with Gasteiger partial charge in [0.2, 0.25) is 0 Å². The van der Waals surface area contributed by atoms with E-state index in [1.165, 1.54) is 11.1 Å². The second-order valence-electron chi connectivity index (χ2n) is 7.21. The van der Waals surface area contributed by atoms with E-state index in [0.717, 1.165) is 70.1 Å². The number of fused-ring (bicyclic) bond motifs is 1. The van der Waals surface area contributed by atoms with Gasteiger partial charge in [0.15, 0.2) is 11.5 Å². The summed E-state index contributed by atoms with van der Waals surface area (Å²) in [4.78, 5) is 4.96. The average Bonchev–Trinajstić information content (AvgIpc) is 2.66. The maximum Gasteiger partial charge on any atom is 0.161 e. The van der Waals surface area contributed by atoms with E-state index in [9.17, 15) is 0 Å². The molecular formula is C20H32N2O3. The highest BCUT2D eigenvalue weighted by Crippen LogP contribution is 2.43. The summed E-state index contributed by atoms with van der Waals surface area (Å²) >= 11 is 0. The number of benzene rings is 1. The molecule has 1 fully saturated rings. The number of nitrogens with zero attached hydrogens (tertiary/aromatic N) is 2. The summed E-state index contributed by atoms with van der Waals surface area (Å²) < 4.78 is 17.4. The summed E-state index contributed by atoms with van der Waals surface area (Å²) in [5.74, 6) is 1.61. The van der Waals surface area contributed by atoms with Gasteiger partial charge in [0.1, 0.15) is 0 Å². The minimum Gasteiger partial charge on any atom is -0.493 e. The summed E-state index contributed by atoms with van der Waals surface area (Å²) in [5.41, 5.74) is 2.41. The predicted molar refractivity (Wildman–Crippen MR) is 99.7 cm³/mol. The molecule has 1 aromatic rings. The molecule has 0 spiro atoms. The van der Waals surface area contributed by atoms with Crippen LogP contribution in [0.15, 0.2) is 12.1 Å². The van der Waals surface area contributed by atoms with Gasteiger partial charge in [-0.3, -0.25) is 0 Å². The lowest BCUT2D eigenvalue weighted by molar-refractivity contribution is -0.0753. The van der Waals surface area contributed by atoms with E-state index in [4.69, 9.17) is 14.2 Å². The molecule has 5 heteroatoms. The van der Waals surface area contributed by atoms with Gasteiger partial charge < -0.3 is 24.0 Å². The van der Waals surface area contributed by atoms with Crippen LogP contribution >= 0.6 is 0 Å². The van der Waals surface area contributed by atoms with Crippen molar-refractivity contribution in [2.45, 2.75) is 31.8 Å². The molecule has 1 saturated heterocycles. The Morgan fingerprint density at radius 1 is 1.08 bits per heavy atom. The van der Waals surface area contributed by atoms with E-state index in [2.05, 4.69) is 35.9 Å². The first kappa shape index (κ1) is 18.5. The maximum absolute atomic E-state index is 6.39. The van der Waals surface area contributed by atoms with Crippen LogP contribution in [0.3, 0.4) is 0 Å². The molecule has 0 N–H and O–H groups in total. The molecule has 0 saturated carbocycles. The second kappa shape index (κ2) is 7.94. The molecule has 25 heavy (non-hydrogen) atoms. The van der Waals surface area contributed by atoms with Crippen LogP contribution in [0.2, 0.25) is 0 Å². The minimum atomic E-state index is -0.212. The number of ether oxygens (including phenoxy) is 3. The fraction of sp³-hybridized carbons (Fsp3) is 0.700. The Balaban J connectivity index is 1.82. The molecule has 0 amide bonds. The number of rotatable bonds is 6. The van der Waals surface area contributed by atoms with Crippen LogP contribution in [-0.2, 0) is 16.8 Å². The van der Waals surface area contributed by atoms with Crippen molar-refractivity contribution in [1.82, 2.24) is 9.80 Å². The van der Waals surface area contributed by atoms with Crippen molar-refractivity contribution in [3.63, 3.8) is 0 Å². The van der Waals surface area contributed by atoms with E-state index in [0.29, 0.717) is 0 Å². The molecule has 3 rings (SSSR count). The molecule has 0 aromatic heterocycles. The Kier molecular flexibility index (Phi) is 5.87. The lowest BCUT2D eigenvalue weighted by Gasteiger charge is -2.41. The smallest absolute Gasteiger partial charge is 0.161 e. The Bertz CT molecular complexity index is 585. The first-order valence-corrected chi connectivity index (χ1v) is 9.42. The molecule has 1 aromatic carbocycles. The average molecular weight is 348 g/mol. The third-order valence-corrected chi connectivity index (χ3v) is 5.85. The Labute approximate surface area is 151 Å². The molecule has 2 aliphatic rings. The largest absolute Gasteiger partial charge is 0.493 e. The zero-order chi connectivity index (χ0) is 17.9. The van der Waals surface area contributed by atoms with Gasteiger partial charge in [-0.05, 0) is 49.6 Å². The molecule has 5 nitrogen and oxygen atoms in total. The molecule has 0 bridgehead atoms. The van der Waals surface area contributed by atoms with Gasteiger partial charge in [-0.2, -0.15) is 0 Å². The van der Waals surface area contributed by atoms with Crippen molar-refractivity contribution in [2.24, 2.45) is 0 Å². The van der Waals surface area contributed by atoms with Crippen LogP contribution in [0.1, 0.15) is 30.9 Å². The number of hydrogen-bond acceptors (Lipinski definition) is 5. The minimum absolute atomic E-state index is 0.212. The second-order valence-corrected chi connectivity index (χ2v) is 7.21. The molecule has 2 aliphatic heterocycles. The highest BCUT2D eigenvalue weighted by atomic mass is 16.5. The van der Waals surface area contributed by atoms with E-state index in [-0.39, 0.29) is 5.60 Å². The Morgan fingerprint density at radius 3 is 2.40 bits per heavy atom. The standard InChI is InChI=1S/C20H32N2O3/c1-5-20(7-8-22-11-9-21(2)10-12-22)17-15-19(24-4)18(23-3)14-16(17)6-13-25-20/h14-15H,5-13H2,1-4H3. The lowest BCUT2D eigenvalue weighted by Crippen LogP contribution is -2.46. The molecule has 0 aliphatic carbocycles. The summed E-state index contributed by atoms with van der Waals surface area (Å²) in [7, 11) is 5.60. The van der Waals surface area contributed by atoms with Gasteiger partial charge in [0.25, 0.3) is 0 Å². The number of methoxy groups -OCH3 is 2. The maximum atomic E-state index is 6.39. The van der Waals surface area contributed by atoms with E-state index < -0.39 is 0 Å². The Hall–Kier alpha value is -1.30. The summed E-state index contributed by atoms with van der Waals surface area (Å²) in [5, 5.41) is 0. The van der Waals surface area contributed by atoms with Gasteiger partial charge in [0.05, 0.1) is 26.4 Å². The van der Waals surface area contributed by atoms with E-state index in [1.54, 1.807) is 14.2 Å². The molecule has 1 atom stereocenters. The van der Waals surface area contributed by atoms with Gasteiger partial charge in [0, 0.05) is 32.7 Å². The van der Waals surface area contributed by atoms with Crippen LogP contribution in [0.5, 0.6) is 11.5 Å². The monoisotopic (exact) mass is 348 g/mol. The van der Waals surface area contributed by atoms with Crippen molar-refractivity contribution in [3.8, 4) is 11.5 Å². The number of hydrogen-bond donors (Lipinski definition) is 0. The fourth-order valence-electron chi connectivity index (χ4n) is 4.07. The Morgan fingerprint density at radius 2 is 1.76 bits per heavy atom. The normalized spacial score (nSPS) is 24.8. The molecular weight excluding hydrogens is 316 g/mol. The van der Waals surface area contributed by atoms with Crippen molar-refractivity contribution < 1.29 is 14.2 Å². The summed E-state index contributed by atoms with van der Waals surface area (Å²) in [6, 6.07) is 4.28. The van der Waals surface area contributed by atoms with Crippen LogP contribution < -0.4 is 9.47 Å². The van der Waals surface area contributed by atoms with Crippen LogP contribution in [0, 0.1) is 0 Å². The highest BCUT2D eigenvalue weighted by Gasteiger charge is 2.37. The van der Waals surface area contributed by atoms with Gasteiger partial charge in [-0.15, -0.1) is 0 Å². The number of piperazine rings is 1. The van der Waals surface area contributed by atoms with Gasteiger partial charge in [-0.25, -0.2) is 0 Å². The van der Waals surface area contributed by atoms with E-state index >= 15 is 0 Å². The highest BCUT2D eigenvalue weighted by molar-refractivity contribution is 5.50. The topological polar surface area (TPSA) is 34.2 Å². The van der Waals surface area contributed by atoms with Gasteiger partial charge in [-0.1, -0.05) is 6.92 Å². The summed E-state index contributed by atoms with van der Waals surface area (Å²) in [6.07, 6.45) is 2.94. The first-order valence-electron chi connectivity index (χ1n) is 9.42. The SMILES string of the molecule is CCC1(CCN2CCN(C)CC2)OCCc2cc(OC)c(OC)cc21. The molecule has 0 radical (unpaired) electrons. The van der Waals surface area contributed by atoms with Crippen LogP contribution in [0.25, 0.3) is 0 Å². The van der Waals surface area contributed by atoms with Crippen molar-refractivity contribution in [2.75, 3.05) is 60.6 Å². The molecule has 2 heterocycles. The molecule has 140 valence electrons. The lowest BCUT2D eigenvalue weighted by atomic mass is 9.81. The van der Waals surface area contributed by atoms with Gasteiger partial charge >= 0.3 is 0 Å². The number of likely N-dealkylation sites (N-methyl/N-ethyl adjacent to an activating group) is 1. The quantitative estimate of drug-likeness (QED) is 0.789. The summed E-state index contributed by atoms with van der Waals surface area (Å²) in [6.45, 7) is 8.69. The predicted octanol–water partition coefficient (Wildman–Crippen LogP) is 2.52. The van der Waals surface area contributed by atoms with Crippen molar-refractivity contribution in [3.05, 3.63) is 23.3 Å². The molecule has 1 unspecified atom stereocenters. The zero-order valence-electron chi connectivity index (χ0n) is 16.1.